The summed E-state index contributed by atoms with van der Waals surface area (Å²) in [6.45, 7) is 0. The van der Waals surface area contributed by atoms with Crippen molar-refractivity contribution in [3.8, 4) is 16.9 Å². The van der Waals surface area contributed by atoms with Crippen molar-refractivity contribution in [2.24, 2.45) is 10.2 Å². The largest absolute Gasteiger partial charge is 0.504 e. The number of rotatable bonds is 4. The minimum Gasteiger partial charge on any atom is -0.504 e. The topological polar surface area (TPSA) is 92.5 Å². The number of nitro groups is 1. The van der Waals surface area contributed by atoms with Crippen LogP contribution in [0.5, 0.6) is 5.75 Å². The van der Waals surface area contributed by atoms with Crippen molar-refractivity contribution < 1.29 is 10.0 Å². The van der Waals surface area contributed by atoms with E-state index < -0.39 is 4.92 Å². The highest BCUT2D eigenvalue weighted by Crippen LogP contribution is 2.43. The van der Waals surface area contributed by atoms with Crippen molar-refractivity contribution in [3.05, 3.63) is 89.1 Å². The highest BCUT2D eigenvalue weighted by atomic mass is 16.6. The molecule has 4 rings (SSSR count). The van der Waals surface area contributed by atoms with Crippen LogP contribution in [0.1, 0.15) is 0 Å². The van der Waals surface area contributed by atoms with E-state index in [0.29, 0.717) is 17.1 Å². The summed E-state index contributed by atoms with van der Waals surface area (Å²) in [5.41, 5.74) is 2.78. The monoisotopic (exact) mass is 358 g/mol. The SMILES string of the molecule is O=[N+]([O-])c1ccc(N=Nc2c(O)c(-c3ccccc3)c3ccccn23)cc1. The van der Waals surface area contributed by atoms with Crippen LogP contribution in [0.15, 0.2) is 89.2 Å². The lowest BCUT2D eigenvalue weighted by molar-refractivity contribution is -0.384. The molecule has 0 aliphatic carbocycles. The fourth-order valence-electron chi connectivity index (χ4n) is 2.91. The molecule has 7 nitrogen and oxygen atoms in total. The van der Waals surface area contributed by atoms with E-state index in [9.17, 15) is 15.2 Å². The Hall–Kier alpha value is -4.00. The van der Waals surface area contributed by atoms with Crippen LogP contribution in [0, 0.1) is 10.1 Å². The Labute approximate surface area is 154 Å². The van der Waals surface area contributed by atoms with E-state index in [1.54, 1.807) is 10.6 Å². The van der Waals surface area contributed by atoms with Crippen LogP contribution >= 0.6 is 0 Å². The summed E-state index contributed by atoms with van der Waals surface area (Å²) >= 11 is 0. The van der Waals surface area contributed by atoms with Gasteiger partial charge in [0.25, 0.3) is 5.69 Å². The molecular weight excluding hydrogens is 344 g/mol. The number of nitro benzene ring substituents is 1. The fraction of sp³-hybridized carbons (Fsp3) is 0. The third-order valence-corrected chi connectivity index (χ3v) is 4.18. The lowest BCUT2D eigenvalue weighted by Crippen LogP contribution is -1.85. The minimum atomic E-state index is -0.473. The molecule has 0 spiro atoms. The van der Waals surface area contributed by atoms with Crippen LogP contribution in [-0.2, 0) is 0 Å². The maximum absolute atomic E-state index is 10.8. The second-order valence-corrected chi connectivity index (χ2v) is 5.84. The summed E-state index contributed by atoms with van der Waals surface area (Å²) in [4.78, 5) is 10.3. The van der Waals surface area contributed by atoms with Crippen molar-refractivity contribution in [2.45, 2.75) is 0 Å². The van der Waals surface area contributed by atoms with Gasteiger partial charge in [-0.15, -0.1) is 10.2 Å². The van der Waals surface area contributed by atoms with Gasteiger partial charge in [-0.2, -0.15) is 0 Å². The van der Waals surface area contributed by atoms with Gasteiger partial charge in [-0.05, 0) is 29.8 Å². The van der Waals surface area contributed by atoms with Gasteiger partial charge in [-0.3, -0.25) is 14.5 Å². The standard InChI is InChI=1S/C20H14N4O3/c25-19-18(14-6-2-1-3-7-14)17-8-4-5-13-23(17)20(19)22-21-15-9-11-16(12-10-15)24(26)27/h1-13,25H. The van der Waals surface area contributed by atoms with Gasteiger partial charge in [0.1, 0.15) is 0 Å². The first kappa shape index (κ1) is 16.5. The highest BCUT2D eigenvalue weighted by molar-refractivity contribution is 5.91. The number of benzene rings is 2. The van der Waals surface area contributed by atoms with Crippen molar-refractivity contribution in [3.63, 3.8) is 0 Å². The van der Waals surface area contributed by atoms with E-state index in [0.717, 1.165) is 11.1 Å². The number of non-ortho nitro benzene ring substituents is 1. The van der Waals surface area contributed by atoms with Gasteiger partial charge in [0, 0.05) is 18.3 Å². The number of pyridine rings is 1. The number of nitrogens with zero attached hydrogens (tertiary/aromatic N) is 4. The van der Waals surface area contributed by atoms with E-state index >= 15 is 0 Å². The Kier molecular flexibility index (Phi) is 4.10. The van der Waals surface area contributed by atoms with E-state index in [2.05, 4.69) is 10.2 Å². The summed E-state index contributed by atoms with van der Waals surface area (Å²) in [6.07, 6.45) is 1.80. The smallest absolute Gasteiger partial charge is 0.269 e. The molecule has 1 N–H and O–H groups in total. The molecule has 0 bridgehead atoms. The summed E-state index contributed by atoms with van der Waals surface area (Å²) < 4.78 is 1.76. The average Bonchev–Trinajstić information content (AvgIpc) is 2.98. The van der Waals surface area contributed by atoms with Crippen LogP contribution in [0.4, 0.5) is 17.2 Å². The molecule has 0 aliphatic heterocycles. The van der Waals surface area contributed by atoms with E-state index in [1.165, 1.54) is 24.3 Å². The van der Waals surface area contributed by atoms with E-state index in [4.69, 9.17) is 0 Å². The maximum atomic E-state index is 10.8. The van der Waals surface area contributed by atoms with Crippen molar-refractivity contribution >= 4 is 22.7 Å². The number of fused-ring (bicyclic) bond motifs is 1. The minimum absolute atomic E-state index is 0.0173. The summed E-state index contributed by atoms with van der Waals surface area (Å²) in [7, 11) is 0. The lowest BCUT2D eigenvalue weighted by atomic mass is 10.1. The van der Waals surface area contributed by atoms with Crippen LogP contribution in [0.25, 0.3) is 16.6 Å². The molecule has 0 atom stereocenters. The molecule has 27 heavy (non-hydrogen) atoms. The molecule has 0 saturated heterocycles. The number of aromatic nitrogens is 1. The first-order valence-electron chi connectivity index (χ1n) is 8.19. The fourth-order valence-corrected chi connectivity index (χ4v) is 2.91. The summed E-state index contributed by atoms with van der Waals surface area (Å²) in [5, 5.41) is 29.8. The van der Waals surface area contributed by atoms with Gasteiger partial charge >= 0.3 is 0 Å². The predicted octanol–water partition coefficient (Wildman–Crippen LogP) is 5.64. The molecule has 132 valence electrons. The Balaban J connectivity index is 1.80. The van der Waals surface area contributed by atoms with Gasteiger partial charge in [0.05, 0.1) is 21.7 Å². The second-order valence-electron chi connectivity index (χ2n) is 5.84. The van der Waals surface area contributed by atoms with Gasteiger partial charge in [0.2, 0.25) is 5.82 Å². The molecule has 0 amide bonds. The molecular formula is C20H14N4O3. The Morgan fingerprint density at radius 3 is 2.30 bits per heavy atom. The average molecular weight is 358 g/mol. The molecule has 2 heterocycles. The maximum Gasteiger partial charge on any atom is 0.269 e. The lowest BCUT2D eigenvalue weighted by Gasteiger charge is -2.00. The molecule has 2 aromatic carbocycles. The molecule has 0 saturated carbocycles. The second kappa shape index (κ2) is 6.72. The molecule has 0 fully saturated rings. The predicted molar refractivity (Wildman–Crippen MR) is 102 cm³/mol. The van der Waals surface area contributed by atoms with E-state index in [-0.39, 0.29) is 11.4 Å². The molecule has 4 aromatic rings. The van der Waals surface area contributed by atoms with Crippen molar-refractivity contribution in [1.29, 1.82) is 0 Å². The van der Waals surface area contributed by atoms with Gasteiger partial charge < -0.3 is 5.11 Å². The van der Waals surface area contributed by atoms with Gasteiger partial charge in [0.15, 0.2) is 5.75 Å². The molecule has 0 unspecified atom stereocenters. The molecule has 0 aliphatic rings. The number of azo groups is 1. The molecule has 2 aromatic heterocycles. The number of hydrogen-bond acceptors (Lipinski definition) is 5. The van der Waals surface area contributed by atoms with Crippen LogP contribution in [0.2, 0.25) is 0 Å². The van der Waals surface area contributed by atoms with Crippen LogP contribution < -0.4 is 0 Å². The van der Waals surface area contributed by atoms with Crippen LogP contribution in [0.3, 0.4) is 0 Å². The zero-order valence-electron chi connectivity index (χ0n) is 14.1. The Bertz CT molecular complexity index is 1150. The molecule has 7 heteroatoms. The number of hydrogen-bond donors (Lipinski definition) is 1. The summed E-state index contributed by atoms with van der Waals surface area (Å²) in [6, 6.07) is 20.9. The van der Waals surface area contributed by atoms with Crippen molar-refractivity contribution in [2.75, 3.05) is 0 Å². The highest BCUT2D eigenvalue weighted by Gasteiger charge is 2.18. The number of aromatic hydroxyl groups is 1. The zero-order valence-corrected chi connectivity index (χ0v) is 14.1. The van der Waals surface area contributed by atoms with Gasteiger partial charge in [-0.1, -0.05) is 36.4 Å². The first-order valence-corrected chi connectivity index (χ1v) is 8.19. The summed E-state index contributed by atoms with van der Waals surface area (Å²) in [5.74, 6) is 0.320. The van der Waals surface area contributed by atoms with Crippen molar-refractivity contribution in [1.82, 2.24) is 4.40 Å². The third kappa shape index (κ3) is 3.02. The quantitative estimate of drug-likeness (QED) is 0.291. The van der Waals surface area contributed by atoms with Crippen LogP contribution in [-0.4, -0.2) is 14.4 Å². The first-order chi connectivity index (χ1) is 13.1. The Morgan fingerprint density at radius 1 is 0.889 bits per heavy atom. The normalized spacial score (nSPS) is 11.3. The molecule has 0 radical (unpaired) electrons. The van der Waals surface area contributed by atoms with Gasteiger partial charge in [-0.25, -0.2) is 0 Å². The van der Waals surface area contributed by atoms with E-state index in [1.807, 2.05) is 48.5 Å². The zero-order chi connectivity index (χ0) is 18.8. The Morgan fingerprint density at radius 2 is 1.59 bits per heavy atom. The third-order valence-electron chi connectivity index (χ3n) is 4.18.